The molecule has 0 spiro atoms. The largest absolute Gasteiger partial charge is 0.497 e. The van der Waals surface area contributed by atoms with Crippen molar-refractivity contribution in [2.24, 2.45) is 0 Å². The van der Waals surface area contributed by atoms with Gasteiger partial charge in [-0.05, 0) is 85.2 Å². The van der Waals surface area contributed by atoms with Crippen molar-refractivity contribution in [1.82, 2.24) is 4.90 Å². The maximum atomic E-state index is 6.22. The van der Waals surface area contributed by atoms with Gasteiger partial charge in [0.2, 0.25) is 0 Å². The third kappa shape index (κ3) is 5.20. The molecule has 0 aromatic heterocycles. The number of benzene rings is 3. The molecule has 0 bridgehead atoms. The van der Waals surface area contributed by atoms with Gasteiger partial charge in [0.1, 0.15) is 18.1 Å². The molecule has 1 aliphatic rings. The van der Waals surface area contributed by atoms with E-state index in [-0.39, 0.29) is 6.04 Å². The Kier molecular flexibility index (Phi) is 7.43. The Hall–Kier alpha value is -3.45. The fourth-order valence-electron chi connectivity index (χ4n) is 4.13. The van der Waals surface area contributed by atoms with Crippen LogP contribution in [-0.2, 0) is 6.42 Å². The van der Waals surface area contributed by atoms with E-state index in [1.165, 1.54) is 11.1 Å². The number of methoxy groups -OCH3 is 3. The number of nitrogens with one attached hydrogen (secondary N) is 1. The molecule has 1 N–H and O–H groups in total. The molecule has 3 aromatic carbocycles. The molecule has 7 heteroatoms. The SMILES string of the molecule is COc1ccc(OCC2c3cc(OC)c(OC)cc3CCN2C(=S)Nc2ccc(C)cc2)cc1. The molecule has 0 saturated carbocycles. The number of hydrogen-bond donors (Lipinski definition) is 1. The highest BCUT2D eigenvalue weighted by molar-refractivity contribution is 7.80. The van der Waals surface area contributed by atoms with Gasteiger partial charge in [0.05, 0.1) is 27.4 Å². The van der Waals surface area contributed by atoms with Gasteiger partial charge in [0, 0.05) is 12.2 Å². The minimum Gasteiger partial charge on any atom is -0.497 e. The van der Waals surface area contributed by atoms with Crippen molar-refractivity contribution in [3.8, 4) is 23.0 Å². The number of anilines is 1. The molecule has 1 aliphatic heterocycles. The molecular weight excluding hydrogens is 448 g/mol. The van der Waals surface area contributed by atoms with Gasteiger partial charge in [0.15, 0.2) is 16.6 Å². The number of aryl methyl sites for hydroxylation is 1. The van der Waals surface area contributed by atoms with Crippen molar-refractivity contribution in [2.45, 2.75) is 19.4 Å². The highest BCUT2D eigenvalue weighted by atomic mass is 32.1. The first-order valence-electron chi connectivity index (χ1n) is 11.2. The zero-order chi connectivity index (χ0) is 24.1. The van der Waals surface area contributed by atoms with E-state index in [2.05, 4.69) is 35.3 Å². The quantitative estimate of drug-likeness (QED) is 0.457. The average Bonchev–Trinajstić information content (AvgIpc) is 2.87. The second kappa shape index (κ2) is 10.7. The van der Waals surface area contributed by atoms with E-state index in [1.807, 2.05) is 42.5 Å². The summed E-state index contributed by atoms with van der Waals surface area (Å²) >= 11 is 5.86. The lowest BCUT2D eigenvalue weighted by Gasteiger charge is -2.39. The monoisotopic (exact) mass is 478 g/mol. The molecule has 0 aliphatic carbocycles. The van der Waals surface area contributed by atoms with Crippen LogP contribution in [0.15, 0.2) is 60.7 Å². The molecule has 4 rings (SSSR count). The van der Waals surface area contributed by atoms with Gasteiger partial charge in [-0.25, -0.2) is 0 Å². The lowest BCUT2D eigenvalue weighted by Crippen LogP contribution is -2.44. The highest BCUT2D eigenvalue weighted by Crippen LogP contribution is 2.38. The molecule has 6 nitrogen and oxygen atoms in total. The molecule has 34 heavy (non-hydrogen) atoms. The minimum absolute atomic E-state index is 0.101. The Morgan fingerprint density at radius 3 is 2.21 bits per heavy atom. The van der Waals surface area contributed by atoms with Crippen LogP contribution >= 0.6 is 12.2 Å². The summed E-state index contributed by atoms with van der Waals surface area (Å²) in [5.74, 6) is 2.97. The summed E-state index contributed by atoms with van der Waals surface area (Å²) in [4.78, 5) is 2.19. The summed E-state index contributed by atoms with van der Waals surface area (Å²) in [6, 6.07) is 19.8. The second-order valence-corrected chi connectivity index (χ2v) is 8.53. The third-order valence-electron chi connectivity index (χ3n) is 6.03. The second-order valence-electron chi connectivity index (χ2n) is 8.15. The van der Waals surface area contributed by atoms with Crippen molar-refractivity contribution >= 4 is 23.0 Å². The predicted octanol–water partition coefficient (Wildman–Crippen LogP) is 5.40. The van der Waals surface area contributed by atoms with Crippen LogP contribution in [0.1, 0.15) is 22.7 Å². The van der Waals surface area contributed by atoms with Gasteiger partial charge in [-0.2, -0.15) is 0 Å². The van der Waals surface area contributed by atoms with Crippen LogP contribution in [0.2, 0.25) is 0 Å². The van der Waals surface area contributed by atoms with Crippen LogP contribution in [0.4, 0.5) is 5.69 Å². The first-order valence-corrected chi connectivity index (χ1v) is 11.6. The van der Waals surface area contributed by atoms with Gasteiger partial charge in [-0.15, -0.1) is 0 Å². The lowest BCUT2D eigenvalue weighted by molar-refractivity contribution is 0.190. The normalized spacial score (nSPS) is 14.7. The number of fused-ring (bicyclic) bond motifs is 1. The van der Waals surface area contributed by atoms with E-state index in [1.54, 1.807) is 21.3 Å². The molecule has 178 valence electrons. The number of hydrogen-bond acceptors (Lipinski definition) is 5. The van der Waals surface area contributed by atoms with Crippen molar-refractivity contribution in [3.63, 3.8) is 0 Å². The number of nitrogens with zero attached hydrogens (tertiary/aromatic N) is 1. The topological polar surface area (TPSA) is 52.2 Å². The predicted molar refractivity (Wildman–Crippen MR) is 139 cm³/mol. The fraction of sp³-hybridized carbons (Fsp3) is 0.296. The van der Waals surface area contributed by atoms with Crippen LogP contribution < -0.4 is 24.3 Å². The Morgan fingerprint density at radius 1 is 0.912 bits per heavy atom. The molecule has 3 aromatic rings. The van der Waals surface area contributed by atoms with E-state index in [4.69, 9.17) is 31.2 Å². The van der Waals surface area contributed by atoms with Gasteiger partial charge in [0.25, 0.3) is 0 Å². The molecule has 0 amide bonds. The van der Waals surface area contributed by atoms with Crippen LogP contribution in [0.3, 0.4) is 0 Å². The van der Waals surface area contributed by atoms with Crippen molar-refractivity contribution in [1.29, 1.82) is 0 Å². The van der Waals surface area contributed by atoms with Crippen molar-refractivity contribution < 1.29 is 18.9 Å². The Morgan fingerprint density at radius 2 is 1.56 bits per heavy atom. The van der Waals surface area contributed by atoms with E-state index in [9.17, 15) is 0 Å². The van der Waals surface area contributed by atoms with E-state index < -0.39 is 0 Å². The smallest absolute Gasteiger partial charge is 0.174 e. The van der Waals surface area contributed by atoms with Gasteiger partial charge in [-0.3, -0.25) is 0 Å². The van der Waals surface area contributed by atoms with E-state index in [0.717, 1.165) is 41.5 Å². The molecule has 0 saturated heterocycles. The summed E-state index contributed by atoms with van der Waals surface area (Å²) in [6.07, 6.45) is 0.838. The van der Waals surface area contributed by atoms with Gasteiger partial charge >= 0.3 is 0 Å². The first-order chi connectivity index (χ1) is 16.5. The molecule has 0 fully saturated rings. The molecule has 1 heterocycles. The fourth-order valence-corrected chi connectivity index (χ4v) is 4.47. The molecule has 1 unspecified atom stereocenters. The zero-order valence-electron chi connectivity index (χ0n) is 20.0. The van der Waals surface area contributed by atoms with Crippen molar-refractivity contribution in [3.05, 3.63) is 77.4 Å². The molecule has 0 radical (unpaired) electrons. The van der Waals surface area contributed by atoms with Crippen LogP contribution in [0.5, 0.6) is 23.0 Å². The van der Waals surface area contributed by atoms with Crippen LogP contribution in [-0.4, -0.2) is 44.5 Å². The Bertz CT molecular complexity index is 1130. The number of ether oxygens (including phenoxy) is 4. The molecule has 1 atom stereocenters. The van der Waals surface area contributed by atoms with Crippen LogP contribution in [0, 0.1) is 6.92 Å². The minimum atomic E-state index is -0.101. The maximum Gasteiger partial charge on any atom is 0.174 e. The summed E-state index contributed by atoms with van der Waals surface area (Å²) in [5, 5.41) is 4.05. The van der Waals surface area contributed by atoms with Gasteiger partial charge < -0.3 is 29.2 Å². The summed E-state index contributed by atoms with van der Waals surface area (Å²) in [6.45, 7) is 3.25. The Labute approximate surface area is 206 Å². The van der Waals surface area contributed by atoms with Crippen molar-refractivity contribution in [2.75, 3.05) is 39.8 Å². The highest BCUT2D eigenvalue weighted by Gasteiger charge is 2.31. The number of thiocarbonyl (C=S) groups is 1. The Balaban J connectivity index is 1.62. The maximum absolute atomic E-state index is 6.22. The van der Waals surface area contributed by atoms with E-state index in [0.29, 0.717) is 17.5 Å². The molecular formula is C27H30N2O4S. The van der Waals surface area contributed by atoms with Crippen LogP contribution in [0.25, 0.3) is 0 Å². The third-order valence-corrected chi connectivity index (χ3v) is 6.37. The summed E-state index contributed by atoms with van der Waals surface area (Å²) in [5.41, 5.74) is 4.49. The summed E-state index contributed by atoms with van der Waals surface area (Å²) in [7, 11) is 4.96. The first kappa shape index (κ1) is 23.7. The summed E-state index contributed by atoms with van der Waals surface area (Å²) < 4.78 is 22.6. The standard InChI is InChI=1S/C27H30N2O4S/c1-18-5-7-20(8-6-18)28-27(34)29-14-13-19-15-25(31-3)26(32-4)16-23(19)24(29)17-33-22-11-9-21(30-2)10-12-22/h5-12,15-16,24H,13-14,17H2,1-4H3,(H,28,34). The van der Waals surface area contributed by atoms with Gasteiger partial charge in [-0.1, -0.05) is 17.7 Å². The number of rotatable bonds is 7. The average molecular weight is 479 g/mol. The lowest BCUT2D eigenvalue weighted by atomic mass is 9.92. The van der Waals surface area contributed by atoms with E-state index >= 15 is 0 Å². The zero-order valence-corrected chi connectivity index (χ0v) is 20.8.